The topological polar surface area (TPSA) is 82.5 Å². The fourth-order valence-corrected chi connectivity index (χ4v) is 6.32. The average molecular weight is 560 g/mol. The van der Waals surface area contributed by atoms with Crippen LogP contribution in [0.4, 0.5) is 5.13 Å². The van der Waals surface area contributed by atoms with E-state index in [0.717, 1.165) is 23.1 Å². The molecular formula is C31H30ClN3O3S. The van der Waals surface area contributed by atoms with Gasteiger partial charge < -0.3 is 10.4 Å². The molecule has 200 valence electrons. The van der Waals surface area contributed by atoms with Gasteiger partial charge in [-0.2, -0.15) is 0 Å². The van der Waals surface area contributed by atoms with Gasteiger partial charge in [0.25, 0.3) is 0 Å². The Kier molecular flexibility index (Phi) is 8.71. The Morgan fingerprint density at radius 2 is 1.69 bits per heavy atom. The third-order valence-electron chi connectivity index (χ3n) is 7.23. The molecular weight excluding hydrogens is 530 g/mol. The van der Waals surface area contributed by atoms with Crippen LogP contribution in [0.15, 0.2) is 90.3 Å². The average Bonchev–Trinajstić information content (AvgIpc) is 3.43. The first kappa shape index (κ1) is 27.1. The fourth-order valence-electron chi connectivity index (χ4n) is 5.25. The SMILES string of the molecule is O=C(O)C[C@@H]1C(=O)N(c2nc(-c3ccccc3Cl)cs2)CC(NCc2ccccc2)CC[C@@H]1c1ccccc1. The van der Waals surface area contributed by atoms with E-state index in [2.05, 4.69) is 17.4 Å². The molecule has 0 aliphatic carbocycles. The molecule has 1 unspecified atom stereocenters. The van der Waals surface area contributed by atoms with Crippen molar-refractivity contribution in [2.75, 3.05) is 11.4 Å². The third kappa shape index (κ3) is 6.56. The van der Waals surface area contributed by atoms with Crippen LogP contribution < -0.4 is 10.2 Å². The maximum absolute atomic E-state index is 14.2. The molecule has 0 radical (unpaired) electrons. The lowest BCUT2D eigenvalue weighted by Crippen LogP contribution is -2.49. The number of hydrogen-bond acceptors (Lipinski definition) is 5. The van der Waals surface area contributed by atoms with Crippen LogP contribution >= 0.6 is 22.9 Å². The summed E-state index contributed by atoms with van der Waals surface area (Å²) >= 11 is 7.80. The van der Waals surface area contributed by atoms with Crippen LogP contribution in [0.3, 0.4) is 0 Å². The van der Waals surface area contributed by atoms with E-state index in [1.54, 1.807) is 4.90 Å². The standard InChI is InChI=1S/C31H30ClN3O3S/c32-27-14-8-7-13-25(27)28-20-39-31(34-28)35-19-23(33-18-21-9-3-1-4-10-21)15-16-24(22-11-5-2-6-12-22)26(30(35)38)17-29(36)37/h1-14,20,23-24,26,33H,15-19H2,(H,36,37)/t23?,24-,26+/m1/s1. The van der Waals surface area contributed by atoms with E-state index in [1.807, 2.05) is 78.2 Å². The lowest BCUT2D eigenvalue weighted by Gasteiger charge is -2.36. The summed E-state index contributed by atoms with van der Waals surface area (Å²) in [6, 6.07) is 27.4. The zero-order valence-electron chi connectivity index (χ0n) is 21.4. The van der Waals surface area contributed by atoms with Gasteiger partial charge in [-0.1, -0.05) is 90.5 Å². The van der Waals surface area contributed by atoms with Crippen molar-refractivity contribution in [2.24, 2.45) is 5.92 Å². The van der Waals surface area contributed by atoms with Gasteiger partial charge in [0, 0.05) is 35.1 Å². The largest absolute Gasteiger partial charge is 0.481 e. The summed E-state index contributed by atoms with van der Waals surface area (Å²) in [5.41, 5.74) is 3.63. The van der Waals surface area contributed by atoms with Crippen molar-refractivity contribution in [2.45, 2.75) is 37.8 Å². The van der Waals surface area contributed by atoms with Gasteiger partial charge in [0.2, 0.25) is 5.91 Å². The fraction of sp³-hybridized carbons (Fsp3) is 0.258. The zero-order valence-corrected chi connectivity index (χ0v) is 22.9. The molecule has 0 saturated carbocycles. The highest BCUT2D eigenvalue weighted by atomic mass is 35.5. The smallest absolute Gasteiger partial charge is 0.304 e. The highest BCUT2D eigenvalue weighted by Gasteiger charge is 2.39. The molecule has 1 aliphatic rings. The molecule has 1 aliphatic heterocycles. The van der Waals surface area contributed by atoms with Crippen molar-refractivity contribution in [3.05, 3.63) is 106 Å². The van der Waals surface area contributed by atoms with E-state index in [1.165, 1.54) is 11.3 Å². The minimum Gasteiger partial charge on any atom is -0.481 e. The summed E-state index contributed by atoms with van der Waals surface area (Å²) in [6.45, 7) is 1.07. The van der Waals surface area contributed by atoms with Gasteiger partial charge in [-0.15, -0.1) is 11.3 Å². The number of carbonyl (C=O) groups excluding carboxylic acids is 1. The van der Waals surface area contributed by atoms with Crippen molar-refractivity contribution in [3.63, 3.8) is 0 Å². The zero-order chi connectivity index (χ0) is 27.2. The first-order valence-corrected chi connectivity index (χ1v) is 14.3. The Bertz CT molecular complexity index is 1410. The molecule has 3 aromatic carbocycles. The van der Waals surface area contributed by atoms with Crippen LogP contribution in [0.25, 0.3) is 11.3 Å². The number of hydrogen-bond donors (Lipinski definition) is 2. The van der Waals surface area contributed by atoms with Crippen LogP contribution in [-0.4, -0.2) is 34.6 Å². The van der Waals surface area contributed by atoms with Crippen molar-refractivity contribution in [3.8, 4) is 11.3 Å². The highest BCUT2D eigenvalue weighted by molar-refractivity contribution is 7.14. The number of carboxylic acid groups (broad SMARTS) is 1. The van der Waals surface area contributed by atoms with Gasteiger partial charge >= 0.3 is 5.97 Å². The number of aromatic nitrogens is 1. The monoisotopic (exact) mass is 559 g/mol. The Morgan fingerprint density at radius 3 is 2.41 bits per heavy atom. The molecule has 2 N–H and O–H groups in total. The molecule has 39 heavy (non-hydrogen) atoms. The lowest BCUT2D eigenvalue weighted by molar-refractivity contribution is -0.141. The molecule has 1 saturated heterocycles. The Balaban J connectivity index is 1.50. The molecule has 0 bridgehead atoms. The van der Waals surface area contributed by atoms with Gasteiger partial charge in [0.05, 0.1) is 18.0 Å². The Labute approximate surface area is 237 Å². The van der Waals surface area contributed by atoms with Gasteiger partial charge in [0.15, 0.2) is 5.13 Å². The second kappa shape index (κ2) is 12.6. The molecule has 1 amide bonds. The van der Waals surface area contributed by atoms with Crippen LogP contribution in [0.5, 0.6) is 0 Å². The number of aliphatic carboxylic acids is 1. The minimum atomic E-state index is -0.982. The molecule has 0 spiro atoms. The molecule has 6 nitrogen and oxygen atoms in total. The minimum absolute atomic E-state index is 0.00110. The number of thiazole rings is 1. The van der Waals surface area contributed by atoms with Gasteiger partial charge in [0.1, 0.15) is 0 Å². The number of benzene rings is 3. The van der Waals surface area contributed by atoms with Crippen molar-refractivity contribution < 1.29 is 14.7 Å². The van der Waals surface area contributed by atoms with Gasteiger partial charge in [-0.05, 0) is 36.0 Å². The van der Waals surface area contributed by atoms with E-state index in [4.69, 9.17) is 16.6 Å². The predicted octanol–water partition coefficient (Wildman–Crippen LogP) is 6.62. The van der Waals surface area contributed by atoms with Crippen LogP contribution in [0, 0.1) is 5.92 Å². The molecule has 1 aromatic heterocycles. The quantitative estimate of drug-likeness (QED) is 0.253. The summed E-state index contributed by atoms with van der Waals surface area (Å²) in [6.07, 6.45) is 1.26. The summed E-state index contributed by atoms with van der Waals surface area (Å²) in [4.78, 5) is 32.7. The van der Waals surface area contributed by atoms with E-state index >= 15 is 0 Å². The van der Waals surface area contributed by atoms with Crippen molar-refractivity contribution >= 4 is 39.9 Å². The van der Waals surface area contributed by atoms with Crippen LogP contribution in [-0.2, 0) is 16.1 Å². The summed E-state index contributed by atoms with van der Waals surface area (Å²) in [5, 5.41) is 16.5. The number of anilines is 1. The number of halogens is 1. The number of rotatable bonds is 8. The molecule has 3 atom stereocenters. The third-order valence-corrected chi connectivity index (χ3v) is 8.42. The van der Waals surface area contributed by atoms with Crippen molar-refractivity contribution in [1.82, 2.24) is 10.3 Å². The maximum atomic E-state index is 14.2. The number of amides is 1. The Hall–Kier alpha value is -3.52. The molecule has 1 fully saturated rings. The second-order valence-electron chi connectivity index (χ2n) is 9.81. The van der Waals surface area contributed by atoms with Crippen molar-refractivity contribution in [1.29, 1.82) is 0 Å². The predicted molar refractivity (Wildman–Crippen MR) is 156 cm³/mol. The summed E-state index contributed by atoms with van der Waals surface area (Å²) in [7, 11) is 0. The number of carboxylic acids is 1. The van der Waals surface area contributed by atoms with E-state index in [-0.39, 0.29) is 24.3 Å². The number of nitrogens with zero attached hydrogens (tertiary/aromatic N) is 2. The van der Waals surface area contributed by atoms with E-state index < -0.39 is 11.9 Å². The maximum Gasteiger partial charge on any atom is 0.304 e. The van der Waals surface area contributed by atoms with E-state index in [9.17, 15) is 14.7 Å². The first-order chi connectivity index (χ1) is 19.0. The van der Waals surface area contributed by atoms with Crippen LogP contribution in [0.2, 0.25) is 5.02 Å². The van der Waals surface area contributed by atoms with Gasteiger partial charge in [-0.25, -0.2) is 4.98 Å². The second-order valence-corrected chi connectivity index (χ2v) is 11.1. The number of carbonyl (C=O) groups is 2. The highest BCUT2D eigenvalue weighted by Crippen LogP contribution is 2.38. The summed E-state index contributed by atoms with van der Waals surface area (Å²) < 4.78 is 0. The number of nitrogens with one attached hydrogen (secondary N) is 1. The lowest BCUT2D eigenvalue weighted by atomic mass is 9.78. The Morgan fingerprint density at radius 1 is 1.00 bits per heavy atom. The van der Waals surface area contributed by atoms with E-state index in [0.29, 0.717) is 35.4 Å². The van der Waals surface area contributed by atoms with Gasteiger partial charge in [-0.3, -0.25) is 14.5 Å². The first-order valence-electron chi connectivity index (χ1n) is 13.1. The molecule has 4 aromatic rings. The molecule has 2 heterocycles. The van der Waals surface area contributed by atoms with Crippen LogP contribution in [0.1, 0.15) is 36.3 Å². The molecule has 8 heteroatoms. The normalized spacial score (nSPS) is 19.9. The summed E-state index contributed by atoms with van der Waals surface area (Å²) in [5.74, 6) is -2.11. The molecule has 5 rings (SSSR count).